The van der Waals surface area contributed by atoms with Gasteiger partial charge in [-0.2, -0.15) is 0 Å². The van der Waals surface area contributed by atoms with Crippen LogP contribution >= 0.6 is 0 Å². The summed E-state index contributed by atoms with van der Waals surface area (Å²) in [5, 5.41) is 0. The Bertz CT molecular complexity index is 328. The lowest BCUT2D eigenvalue weighted by atomic mass is 10.0. The van der Waals surface area contributed by atoms with Gasteiger partial charge in [-0.15, -0.1) is 12.3 Å². The molecule has 0 saturated heterocycles. The van der Waals surface area contributed by atoms with Crippen molar-refractivity contribution in [3.63, 3.8) is 0 Å². The van der Waals surface area contributed by atoms with Crippen LogP contribution in [0.1, 0.15) is 30.1 Å². The molecule has 1 aromatic heterocycles. The van der Waals surface area contributed by atoms with E-state index in [1.54, 1.807) is 6.20 Å². The van der Waals surface area contributed by atoms with Crippen LogP contribution in [-0.2, 0) is 0 Å². The third kappa shape index (κ3) is 2.56. The van der Waals surface area contributed by atoms with Crippen molar-refractivity contribution < 1.29 is 0 Å². The van der Waals surface area contributed by atoms with Crippen molar-refractivity contribution >= 4 is 0 Å². The number of rotatable bonds is 4. The van der Waals surface area contributed by atoms with Gasteiger partial charge in [0.2, 0.25) is 0 Å². The number of aromatic nitrogens is 1. The number of nitrogens with two attached hydrogens (primary N) is 1. The van der Waals surface area contributed by atoms with E-state index in [-0.39, 0.29) is 6.04 Å². The number of aryl methyl sites for hydroxylation is 1. The van der Waals surface area contributed by atoms with Gasteiger partial charge in [0.1, 0.15) is 0 Å². The van der Waals surface area contributed by atoms with Crippen LogP contribution in [0.4, 0.5) is 0 Å². The minimum Gasteiger partial charge on any atom is -0.271 e. The second kappa shape index (κ2) is 5.38. The third-order valence-electron chi connectivity index (χ3n) is 2.20. The molecule has 1 heterocycles. The number of nitrogens with zero attached hydrogens (tertiary/aromatic N) is 1. The number of pyridine rings is 1. The molecular weight excluding hydrogens is 174 g/mol. The summed E-state index contributed by atoms with van der Waals surface area (Å²) in [7, 11) is 0. The quantitative estimate of drug-likeness (QED) is 0.426. The summed E-state index contributed by atoms with van der Waals surface area (Å²) in [6.07, 6.45) is 8.53. The van der Waals surface area contributed by atoms with Crippen LogP contribution in [-0.4, -0.2) is 4.98 Å². The highest BCUT2D eigenvalue weighted by molar-refractivity contribution is 5.22. The monoisotopic (exact) mass is 189 g/mol. The summed E-state index contributed by atoms with van der Waals surface area (Å²) < 4.78 is 0. The lowest BCUT2D eigenvalue weighted by Crippen LogP contribution is -2.28. The van der Waals surface area contributed by atoms with Crippen LogP contribution in [0.5, 0.6) is 0 Å². The van der Waals surface area contributed by atoms with Crippen molar-refractivity contribution in [1.29, 1.82) is 0 Å². The van der Waals surface area contributed by atoms with Gasteiger partial charge in [-0.1, -0.05) is 6.07 Å². The molecule has 0 fully saturated rings. The predicted molar refractivity (Wildman–Crippen MR) is 57.1 cm³/mol. The maximum absolute atomic E-state index is 5.47. The number of terminal acetylenes is 1. The van der Waals surface area contributed by atoms with E-state index in [4.69, 9.17) is 12.3 Å². The van der Waals surface area contributed by atoms with E-state index in [0.717, 1.165) is 17.7 Å². The van der Waals surface area contributed by atoms with Crippen LogP contribution in [0.2, 0.25) is 0 Å². The van der Waals surface area contributed by atoms with E-state index in [2.05, 4.69) is 16.3 Å². The first-order valence-electron chi connectivity index (χ1n) is 4.60. The summed E-state index contributed by atoms with van der Waals surface area (Å²) in [4.78, 5) is 4.21. The molecule has 1 atom stereocenters. The molecule has 74 valence electrons. The fourth-order valence-corrected chi connectivity index (χ4v) is 1.42. The van der Waals surface area contributed by atoms with Gasteiger partial charge in [-0.3, -0.25) is 16.3 Å². The van der Waals surface area contributed by atoms with Crippen molar-refractivity contribution in [3.05, 3.63) is 29.6 Å². The Labute approximate surface area is 84.7 Å². The Balaban J connectivity index is 2.79. The van der Waals surface area contributed by atoms with Gasteiger partial charge >= 0.3 is 0 Å². The maximum atomic E-state index is 5.47. The van der Waals surface area contributed by atoms with Gasteiger partial charge in [-0.25, -0.2) is 0 Å². The third-order valence-corrected chi connectivity index (χ3v) is 2.20. The molecule has 3 N–H and O–H groups in total. The van der Waals surface area contributed by atoms with Crippen LogP contribution in [0.3, 0.4) is 0 Å². The van der Waals surface area contributed by atoms with E-state index < -0.39 is 0 Å². The Morgan fingerprint density at radius 3 is 3.07 bits per heavy atom. The number of nitrogens with one attached hydrogen (secondary N) is 1. The summed E-state index contributed by atoms with van der Waals surface area (Å²) in [5.74, 6) is 8.07. The first kappa shape index (κ1) is 10.7. The molecule has 0 aliphatic rings. The molecule has 3 heteroatoms. The standard InChI is InChI=1S/C11H15N3/c1-3-4-7-11(14-12)10-6-5-8-13-9(10)2/h1,5-6,8,11,14H,4,7,12H2,2H3. The van der Waals surface area contributed by atoms with Gasteiger partial charge in [0.15, 0.2) is 0 Å². The fraction of sp³-hybridized carbons (Fsp3) is 0.364. The van der Waals surface area contributed by atoms with Crippen molar-refractivity contribution in [2.45, 2.75) is 25.8 Å². The highest BCUT2D eigenvalue weighted by atomic mass is 15.2. The summed E-state index contributed by atoms with van der Waals surface area (Å²) in [6, 6.07) is 4.02. The normalized spacial score (nSPS) is 12.1. The van der Waals surface area contributed by atoms with Gasteiger partial charge in [0.05, 0.1) is 0 Å². The van der Waals surface area contributed by atoms with Crippen LogP contribution < -0.4 is 11.3 Å². The number of hydrazine groups is 1. The Kier molecular flexibility index (Phi) is 4.11. The SMILES string of the molecule is C#CCCC(NN)c1cccnc1C. The number of hydrogen-bond acceptors (Lipinski definition) is 3. The molecule has 1 aromatic rings. The summed E-state index contributed by atoms with van der Waals surface area (Å²) in [5.41, 5.74) is 4.87. The molecule has 3 nitrogen and oxygen atoms in total. The topological polar surface area (TPSA) is 50.9 Å². The predicted octanol–water partition coefficient (Wildman–Crippen LogP) is 1.31. The van der Waals surface area contributed by atoms with E-state index in [1.165, 1.54) is 0 Å². The second-order valence-corrected chi connectivity index (χ2v) is 3.14. The first-order chi connectivity index (χ1) is 6.79. The lowest BCUT2D eigenvalue weighted by molar-refractivity contribution is 0.519. The lowest BCUT2D eigenvalue weighted by Gasteiger charge is -2.16. The van der Waals surface area contributed by atoms with Crippen molar-refractivity contribution in [1.82, 2.24) is 10.4 Å². The van der Waals surface area contributed by atoms with Crippen molar-refractivity contribution in [2.75, 3.05) is 0 Å². The minimum absolute atomic E-state index is 0.0970. The molecule has 0 saturated carbocycles. The molecule has 0 aromatic carbocycles. The van der Waals surface area contributed by atoms with Crippen molar-refractivity contribution in [2.24, 2.45) is 5.84 Å². The first-order valence-corrected chi connectivity index (χ1v) is 4.60. The van der Waals surface area contributed by atoms with Gasteiger partial charge < -0.3 is 0 Å². The van der Waals surface area contributed by atoms with Gasteiger partial charge in [0.25, 0.3) is 0 Å². The van der Waals surface area contributed by atoms with Gasteiger partial charge in [-0.05, 0) is 25.0 Å². The van der Waals surface area contributed by atoms with Crippen LogP contribution in [0, 0.1) is 19.3 Å². The minimum atomic E-state index is 0.0970. The Hall–Kier alpha value is -1.37. The van der Waals surface area contributed by atoms with E-state index in [9.17, 15) is 0 Å². The van der Waals surface area contributed by atoms with E-state index in [0.29, 0.717) is 6.42 Å². The number of hydrogen-bond donors (Lipinski definition) is 2. The molecule has 0 aliphatic heterocycles. The second-order valence-electron chi connectivity index (χ2n) is 3.14. The average Bonchev–Trinajstić information content (AvgIpc) is 2.21. The smallest absolute Gasteiger partial charge is 0.0487 e. The zero-order chi connectivity index (χ0) is 10.4. The molecular formula is C11H15N3. The summed E-state index contributed by atoms with van der Waals surface area (Å²) >= 11 is 0. The highest BCUT2D eigenvalue weighted by Gasteiger charge is 2.11. The molecule has 0 radical (unpaired) electrons. The Morgan fingerprint density at radius 1 is 1.71 bits per heavy atom. The summed E-state index contributed by atoms with van der Waals surface area (Å²) in [6.45, 7) is 1.97. The van der Waals surface area contributed by atoms with E-state index >= 15 is 0 Å². The maximum Gasteiger partial charge on any atom is 0.0487 e. The zero-order valence-corrected chi connectivity index (χ0v) is 8.33. The average molecular weight is 189 g/mol. The molecule has 0 bridgehead atoms. The largest absolute Gasteiger partial charge is 0.271 e. The molecule has 1 rings (SSSR count). The molecule has 0 aliphatic carbocycles. The zero-order valence-electron chi connectivity index (χ0n) is 8.33. The van der Waals surface area contributed by atoms with Gasteiger partial charge in [0, 0.05) is 24.4 Å². The highest BCUT2D eigenvalue weighted by Crippen LogP contribution is 2.19. The van der Waals surface area contributed by atoms with Crippen LogP contribution in [0.15, 0.2) is 18.3 Å². The molecule has 1 unspecified atom stereocenters. The molecule has 14 heavy (non-hydrogen) atoms. The molecule has 0 spiro atoms. The Morgan fingerprint density at radius 2 is 2.50 bits per heavy atom. The molecule has 0 amide bonds. The fourth-order valence-electron chi connectivity index (χ4n) is 1.42. The van der Waals surface area contributed by atoms with E-state index in [1.807, 2.05) is 19.1 Å². The van der Waals surface area contributed by atoms with Crippen molar-refractivity contribution in [3.8, 4) is 12.3 Å². The van der Waals surface area contributed by atoms with Crippen LogP contribution in [0.25, 0.3) is 0 Å².